The summed E-state index contributed by atoms with van der Waals surface area (Å²) in [6, 6.07) is 67.0. The van der Waals surface area contributed by atoms with Crippen molar-refractivity contribution in [1.29, 1.82) is 0 Å². The maximum atomic E-state index is 2.36. The number of nitrogens with zero attached hydrogens (tertiary/aromatic N) is 1. The largest absolute Gasteiger partial charge is 0.310 e. The molecule has 7 aromatic rings. The van der Waals surface area contributed by atoms with E-state index in [1.807, 2.05) is 0 Å². The maximum absolute atomic E-state index is 2.36. The third-order valence-electron chi connectivity index (χ3n) is 7.87. The zero-order chi connectivity index (χ0) is 28.8. The number of anilines is 3. The van der Waals surface area contributed by atoms with E-state index in [4.69, 9.17) is 0 Å². The predicted molar refractivity (Wildman–Crippen MR) is 183 cm³/mol. The molecule has 0 aliphatic heterocycles. The molecule has 1 heteroatoms. The van der Waals surface area contributed by atoms with Gasteiger partial charge < -0.3 is 4.90 Å². The summed E-state index contributed by atoms with van der Waals surface area (Å²) in [4.78, 5) is 2.36. The number of rotatable bonds is 7. The quantitative estimate of drug-likeness (QED) is 0.191. The van der Waals surface area contributed by atoms with E-state index in [2.05, 4.69) is 193 Å². The number of benzene rings is 7. The summed E-state index contributed by atoms with van der Waals surface area (Å²) in [6.45, 7) is 0. The second-order valence-electron chi connectivity index (χ2n) is 10.6. The molecule has 0 spiro atoms. The lowest BCUT2D eigenvalue weighted by molar-refractivity contribution is 1.28. The Bertz CT molecular complexity index is 1950. The first kappa shape index (κ1) is 26.3. The topological polar surface area (TPSA) is 3.24 Å². The average molecular weight is 550 g/mol. The van der Waals surface area contributed by atoms with E-state index in [1.165, 1.54) is 44.5 Å². The van der Waals surface area contributed by atoms with Crippen LogP contribution in [0.4, 0.5) is 17.1 Å². The summed E-state index contributed by atoms with van der Waals surface area (Å²) in [5.74, 6) is 0. The normalized spacial score (nSPS) is 10.8. The van der Waals surface area contributed by atoms with Crippen molar-refractivity contribution in [3.63, 3.8) is 0 Å². The summed E-state index contributed by atoms with van der Waals surface area (Å²) >= 11 is 0. The van der Waals surface area contributed by atoms with Crippen LogP contribution in [-0.2, 0) is 0 Å². The summed E-state index contributed by atoms with van der Waals surface area (Å²) in [7, 11) is 0. The highest BCUT2D eigenvalue weighted by Gasteiger charge is 2.17. The van der Waals surface area contributed by atoms with Crippen LogP contribution in [0.15, 0.2) is 188 Å². The van der Waals surface area contributed by atoms with Crippen molar-refractivity contribution in [1.82, 2.24) is 0 Å². The lowest BCUT2D eigenvalue weighted by Gasteiger charge is -2.27. The second kappa shape index (κ2) is 12.1. The molecule has 0 heterocycles. The molecule has 0 saturated carbocycles. The molecule has 0 saturated heterocycles. The first-order valence-corrected chi connectivity index (χ1v) is 14.7. The van der Waals surface area contributed by atoms with Gasteiger partial charge in [-0.2, -0.15) is 0 Å². The van der Waals surface area contributed by atoms with Gasteiger partial charge in [-0.1, -0.05) is 152 Å². The Hall–Kier alpha value is -5.66. The molecular formula is C42H31N. The molecule has 7 aromatic carbocycles. The predicted octanol–water partition coefficient (Wildman–Crippen LogP) is 11.8. The highest BCUT2D eigenvalue weighted by Crippen LogP contribution is 2.42. The van der Waals surface area contributed by atoms with E-state index in [1.54, 1.807) is 0 Å². The number of para-hydroxylation sites is 1. The Kier molecular flexibility index (Phi) is 7.36. The van der Waals surface area contributed by atoms with E-state index in [-0.39, 0.29) is 0 Å². The van der Waals surface area contributed by atoms with Gasteiger partial charge >= 0.3 is 0 Å². The van der Waals surface area contributed by atoms with E-state index in [9.17, 15) is 0 Å². The lowest BCUT2D eigenvalue weighted by atomic mass is 9.93. The third-order valence-corrected chi connectivity index (χ3v) is 7.87. The van der Waals surface area contributed by atoms with Crippen LogP contribution < -0.4 is 4.90 Å². The summed E-state index contributed by atoms with van der Waals surface area (Å²) in [5, 5.41) is 0. The molecule has 0 amide bonds. The minimum atomic E-state index is 1.11. The maximum Gasteiger partial charge on any atom is 0.0468 e. The van der Waals surface area contributed by atoms with Crippen LogP contribution in [0.5, 0.6) is 0 Å². The number of hydrogen-bond donors (Lipinski definition) is 0. The van der Waals surface area contributed by atoms with Crippen molar-refractivity contribution in [2.24, 2.45) is 0 Å². The standard InChI is InChI=1S/C42H31N/c1-5-16-32(17-6-1)39-26-13-14-27-40(39)35-22-15-25-37(30-35)43(36-23-11-4-12-24-36)38-28-29-41(33-18-7-2-8-19-33)42(31-38)34-20-9-3-10-21-34/h1-31H. The van der Waals surface area contributed by atoms with Gasteiger partial charge in [-0.15, -0.1) is 0 Å². The molecule has 0 aliphatic carbocycles. The van der Waals surface area contributed by atoms with E-state index < -0.39 is 0 Å². The summed E-state index contributed by atoms with van der Waals surface area (Å²) < 4.78 is 0. The van der Waals surface area contributed by atoms with Gasteiger partial charge in [0.1, 0.15) is 0 Å². The fraction of sp³-hybridized carbons (Fsp3) is 0. The number of hydrogen-bond acceptors (Lipinski definition) is 1. The van der Waals surface area contributed by atoms with Gasteiger partial charge in [0, 0.05) is 17.1 Å². The Morgan fingerprint density at radius 3 is 1.21 bits per heavy atom. The van der Waals surface area contributed by atoms with Crippen molar-refractivity contribution in [3.8, 4) is 44.5 Å². The van der Waals surface area contributed by atoms with E-state index in [0.717, 1.165) is 17.1 Å². The van der Waals surface area contributed by atoms with Gasteiger partial charge in [-0.05, 0) is 80.9 Å². The molecule has 0 N–H and O–H groups in total. The van der Waals surface area contributed by atoms with Crippen molar-refractivity contribution >= 4 is 17.1 Å². The van der Waals surface area contributed by atoms with Crippen molar-refractivity contribution in [3.05, 3.63) is 188 Å². The molecule has 0 aliphatic rings. The molecule has 7 rings (SSSR count). The molecular weight excluding hydrogens is 518 g/mol. The minimum Gasteiger partial charge on any atom is -0.310 e. The van der Waals surface area contributed by atoms with Gasteiger partial charge in [0.25, 0.3) is 0 Å². The Labute approximate surface area is 254 Å². The van der Waals surface area contributed by atoms with E-state index >= 15 is 0 Å². The van der Waals surface area contributed by atoms with Gasteiger partial charge in [-0.25, -0.2) is 0 Å². The van der Waals surface area contributed by atoms with E-state index in [0.29, 0.717) is 0 Å². The van der Waals surface area contributed by atoms with Crippen LogP contribution in [-0.4, -0.2) is 0 Å². The SMILES string of the molecule is c1ccc(-c2ccccc2-c2cccc(N(c3ccccc3)c3ccc(-c4ccccc4)c(-c4ccccc4)c3)c2)cc1. The molecule has 0 aromatic heterocycles. The molecule has 0 atom stereocenters. The average Bonchev–Trinajstić information content (AvgIpc) is 3.10. The zero-order valence-electron chi connectivity index (χ0n) is 23.8. The first-order valence-electron chi connectivity index (χ1n) is 14.7. The monoisotopic (exact) mass is 549 g/mol. The van der Waals surface area contributed by atoms with Crippen LogP contribution in [0, 0.1) is 0 Å². The molecule has 0 unspecified atom stereocenters. The van der Waals surface area contributed by atoms with Crippen molar-refractivity contribution < 1.29 is 0 Å². The third kappa shape index (κ3) is 5.49. The van der Waals surface area contributed by atoms with Gasteiger partial charge in [0.2, 0.25) is 0 Å². The smallest absolute Gasteiger partial charge is 0.0468 e. The Morgan fingerprint density at radius 2 is 0.628 bits per heavy atom. The van der Waals surface area contributed by atoms with Crippen molar-refractivity contribution in [2.75, 3.05) is 4.90 Å². The second-order valence-corrected chi connectivity index (χ2v) is 10.6. The fourth-order valence-electron chi connectivity index (χ4n) is 5.84. The van der Waals surface area contributed by atoms with Crippen LogP contribution in [0.25, 0.3) is 44.5 Å². The van der Waals surface area contributed by atoms with Crippen molar-refractivity contribution in [2.45, 2.75) is 0 Å². The Balaban J connectivity index is 1.39. The molecule has 204 valence electrons. The van der Waals surface area contributed by atoms with Gasteiger partial charge in [-0.3, -0.25) is 0 Å². The first-order chi connectivity index (χ1) is 21.3. The molecule has 0 radical (unpaired) electrons. The molecule has 43 heavy (non-hydrogen) atoms. The summed E-state index contributed by atoms with van der Waals surface area (Å²) in [6.07, 6.45) is 0. The fourth-order valence-corrected chi connectivity index (χ4v) is 5.84. The van der Waals surface area contributed by atoms with Gasteiger partial charge in [0.15, 0.2) is 0 Å². The summed E-state index contributed by atoms with van der Waals surface area (Å²) in [5.41, 5.74) is 13.0. The van der Waals surface area contributed by atoms with Crippen LogP contribution >= 0.6 is 0 Å². The Morgan fingerprint density at radius 1 is 0.233 bits per heavy atom. The lowest BCUT2D eigenvalue weighted by Crippen LogP contribution is -2.10. The molecule has 1 nitrogen and oxygen atoms in total. The minimum absolute atomic E-state index is 1.11. The van der Waals surface area contributed by atoms with Crippen LogP contribution in [0.2, 0.25) is 0 Å². The highest BCUT2D eigenvalue weighted by molar-refractivity contribution is 5.90. The van der Waals surface area contributed by atoms with Crippen LogP contribution in [0.3, 0.4) is 0 Å². The van der Waals surface area contributed by atoms with Gasteiger partial charge in [0.05, 0.1) is 0 Å². The molecule has 0 bridgehead atoms. The van der Waals surface area contributed by atoms with Crippen LogP contribution in [0.1, 0.15) is 0 Å². The highest BCUT2D eigenvalue weighted by atomic mass is 15.1. The zero-order valence-corrected chi connectivity index (χ0v) is 23.8. The molecule has 0 fully saturated rings.